The molecule has 0 spiro atoms. The monoisotopic (exact) mass is 156 g/mol. The molecule has 50 valence electrons. The predicted molar refractivity (Wildman–Crippen MR) is 37.3 cm³/mol. The fourth-order valence-corrected chi connectivity index (χ4v) is 0.437. The first kappa shape index (κ1) is 12.4. The molecule has 0 aromatic carbocycles. The summed E-state index contributed by atoms with van der Waals surface area (Å²) in [5, 5.41) is 0. The zero-order valence-corrected chi connectivity index (χ0v) is 8.35. The van der Waals surface area contributed by atoms with Gasteiger partial charge in [0.05, 0.1) is 6.61 Å². The van der Waals surface area contributed by atoms with E-state index in [1.165, 1.54) is 0 Å². The van der Waals surface area contributed by atoms with Gasteiger partial charge in [0.15, 0.2) is 0 Å². The van der Waals surface area contributed by atoms with Gasteiger partial charge >= 0.3 is 5.97 Å². The van der Waals surface area contributed by atoms with Crippen LogP contribution in [0.3, 0.4) is 0 Å². The Kier molecular flexibility index (Phi) is 12.0. The van der Waals surface area contributed by atoms with Crippen LogP contribution in [0.2, 0.25) is 0 Å². The Hall–Kier alpha value is 0.730. The van der Waals surface area contributed by atoms with Crippen LogP contribution in [-0.4, -0.2) is 50.3 Å². The number of ether oxygens (including phenoxy) is 1. The number of rotatable bonds is 3. The van der Waals surface area contributed by atoms with E-state index in [4.69, 9.17) is 0 Å². The largest absolute Gasteiger partial charge is 0.466 e. The molecule has 0 aromatic rings. The molecule has 0 aliphatic heterocycles. The van der Waals surface area contributed by atoms with Gasteiger partial charge < -0.3 is 4.74 Å². The number of hydrogen-bond donors (Lipinski definition) is 0. The summed E-state index contributed by atoms with van der Waals surface area (Å²) in [5.74, 6) is -0.0880. The molecule has 2 nitrogen and oxygen atoms in total. The Labute approximate surface area is 86.0 Å². The van der Waals surface area contributed by atoms with Crippen LogP contribution < -0.4 is 0 Å². The Morgan fingerprint density at radius 1 is 1.44 bits per heavy atom. The third-order valence-electron chi connectivity index (χ3n) is 0.759. The van der Waals surface area contributed by atoms with Gasteiger partial charge in [0.25, 0.3) is 0 Å². The third kappa shape index (κ3) is 8.73. The topological polar surface area (TPSA) is 26.3 Å². The van der Waals surface area contributed by atoms with Crippen LogP contribution in [0.4, 0.5) is 0 Å². The fraction of sp³-hybridized carbons (Fsp3) is 0.833. The maximum atomic E-state index is 10.4. The van der Waals surface area contributed by atoms with Crippen molar-refractivity contribution in [3.63, 3.8) is 0 Å². The van der Waals surface area contributed by atoms with E-state index in [0.29, 0.717) is 13.0 Å². The summed E-state index contributed by atoms with van der Waals surface area (Å²) in [4.78, 5) is 10.4. The standard InChI is InChI=1S/C6H12O2.Ca/c1-3-5-6(7)8-4-2;/h3-5H2,1-2H3;. The summed E-state index contributed by atoms with van der Waals surface area (Å²) < 4.78 is 4.64. The summed E-state index contributed by atoms with van der Waals surface area (Å²) in [6, 6.07) is 0. The van der Waals surface area contributed by atoms with Crippen LogP contribution in [0.1, 0.15) is 26.7 Å². The van der Waals surface area contributed by atoms with E-state index in [0.717, 1.165) is 6.42 Å². The molecule has 2 radical (unpaired) electrons. The first-order chi connectivity index (χ1) is 3.81. The van der Waals surface area contributed by atoms with Crippen molar-refractivity contribution in [3.8, 4) is 0 Å². The Morgan fingerprint density at radius 2 is 2.00 bits per heavy atom. The van der Waals surface area contributed by atoms with Crippen molar-refractivity contribution in [1.82, 2.24) is 0 Å². The van der Waals surface area contributed by atoms with E-state index in [1.807, 2.05) is 13.8 Å². The van der Waals surface area contributed by atoms with Gasteiger partial charge in [0.1, 0.15) is 0 Å². The minimum absolute atomic E-state index is 0. The summed E-state index contributed by atoms with van der Waals surface area (Å²) in [7, 11) is 0. The molecule has 0 saturated carbocycles. The molecule has 0 aliphatic rings. The quantitative estimate of drug-likeness (QED) is 0.449. The maximum absolute atomic E-state index is 10.4. The molecule has 0 unspecified atom stereocenters. The van der Waals surface area contributed by atoms with Gasteiger partial charge in [-0.05, 0) is 13.3 Å². The molecule has 0 rings (SSSR count). The zero-order chi connectivity index (χ0) is 6.41. The second-order valence-electron chi connectivity index (χ2n) is 1.56. The van der Waals surface area contributed by atoms with Crippen LogP contribution in [0.25, 0.3) is 0 Å². The first-order valence-electron chi connectivity index (χ1n) is 2.96. The average molecular weight is 156 g/mol. The number of carbonyl (C=O) groups excluding carboxylic acids is 1. The predicted octanol–water partition coefficient (Wildman–Crippen LogP) is 0.969. The van der Waals surface area contributed by atoms with Crippen molar-refractivity contribution >= 4 is 43.7 Å². The molecule has 3 heteroatoms. The van der Waals surface area contributed by atoms with E-state index >= 15 is 0 Å². The Balaban J connectivity index is 0. The average Bonchev–Trinajstić information content (AvgIpc) is 1.68. The molecule has 0 amide bonds. The van der Waals surface area contributed by atoms with Crippen molar-refractivity contribution < 1.29 is 9.53 Å². The molecule has 0 saturated heterocycles. The zero-order valence-electron chi connectivity index (χ0n) is 6.14. The van der Waals surface area contributed by atoms with E-state index in [-0.39, 0.29) is 43.7 Å². The first-order valence-corrected chi connectivity index (χ1v) is 2.96. The van der Waals surface area contributed by atoms with Crippen molar-refractivity contribution in [2.75, 3.05) is 6.61 Å². The summed E-state index contributed by atoms with van der Waals surface area (Å²) in [6.45, 7) is 4.27. The molecule has 0 fully saturated rings. The molecule has 0 bridgehead atoms. The van der Waals surface area contributed by atoms with Crippen LogP contribution in [0.5, 0.6) is 0 Å². The molecule has 0 heterocycles. The van der Waals surface area contributed by atoms with Crippen molar-refractivity contribution in [3.05, 3.63) is 0 Å². The summed E-state index contributed by atoms with van der Waals surface area (Å²) in [6.07, 6.45) is 1.42. The second-order valence-corrected chi connectivity index (χ2v) is 1.56. The smallest absolute Gasteiger partial charge is 0.305 e. The van der Waals surface area contributed by atoms with Crippen molar-refractivity contribution in [1.29, 1.82) is 0 Å². The van der Waals surface area contributed by atoms with Crippen molar-refractivity contribution in [2.24, 2.45) is 0 Å². The second kappa shape index (κ2) is 8.73. The normalized spacial score (nSPS) is 7.78. The van der Waals surface area contributed by atoms with Gasteiger partial charge in [0, 0.05) is 44.2 Å². The fourth-order valence-electron chi connectivity index (χ4n) is 0.437. The van der Waals surface area contributed by atoms with Gasteiger partial charge in [-0.1, -0.05) is 6.92 Å². The number of carbonyl (C=O) groups is 1. The minimum atomic E-state index is -0.0880. The van der Waals surface area contributed by atoms with Gasteiger partial charge in [-0.15, -0.1) is 0 Å². The van der Waals surface area contributed by atoms with Crippen LogP contribution in [-0.2, 0) is 9.53 Å². The number of hydrogen-bond acceptors (Lipinski definition) is 2. The van der Waals surface area contributed by atoms with E-state index < -0.39 is 0 Å². The van der Waals surface area contributed by atoms with Gasteiger partial charge in [0.2, 0.25) is 0 Å². The Bertz CT molecular complexity index is 65.5. The number of esters is 1. The van der Waals surface area contributed by atoms with Crippen LogP contribution >= 0.6 is 0 Å². The Morgan fingerprint density at radius 3 is 2.33 bits per heavy atom. The van der Waals surface area contributed by atoms with Gasteiger partial charge in [-0.3, -0.25) is 4.79 Å². The van der Waals surface area contributed by atoms with E-state index in [9.17, 15) is 4.79 Å². The molecule has 0 atom stereocenters. The summed E-state index contributed by atoms with van der Waals surface area (Å²) >= 11 is 0. The summed E-state index contributed by atoms with van der Waals surface area (Å²) in [5.41, 5.74) is 0. The molecule has 0 aromatic heterocycles. The van der Waals surface area contributed by atoms with Gasteiger partial charge in [-0.25, -0.2) is 0 Å². The van der Waals surface area contributed by atoms with Crippen molar-refractivity contribution in [2.45, 2.75) is 26.7 Å². The molecular weight excluding hydrogens is 144 g/mol. The molecular formula is C6H12CaO2. The van der Waals surface area contributed by atoms with Gasteiger partial charge in [-0.2, -0.15) is 0 Å². The molecule has 0 N–H and O–H groups in total. The third-order valence-corrected chi connectivity index (χ3v) is 0.759. The van der Waals surface area contributed by atoms with Crippen LogP contribution in [0.15, 0.2) is 0 Å². The SMILES string of the molecule is CCCC(=O)OCC.[Ca]. The van der Waals surface area contributed by atoms with E-state index in [2.05, 4.69) is 4.74 Å². The molecule has 0 aliphatic carbocycles. The molecule has 9 heavy (non-hydrogen) atoms. The minimum Gasteiger partial charge on any atom is -0.466 e. The maximum Gasteiger partial charge on any atom is 0.305 e. The van der Waals surface area contributed by atoms with E-state index in [1.54, 1.807) is 0 Å². The van der Waals surface area contributed by atoms with Crippen LogP contribution in [0, 0.1) is 0 Å².